The highest BCUT2D eigenvalue weighted by atomic mass is 16.5. The van der Waals surface area contributed by atoms with E-state index in [0.717, 1.165) is 5.69 Å². The van der Waals surface area contributed by atoms with E-state index in [2.05, 4.69) is 10.4 Å². The zero-order valence-electron chi connectivity index (χ0n) is 8.86. The summed E-state index contributed by atoms with van der Waals surface area (Å²) in [4.78, 5) is 11.1. The lowest BCUT2D eigenvalue weighted by molar-refractivity contribution is 0.167. The van der Waals surface area contributed by atoms with Crippen LogP contribution < -0.4 is 5.32 Å². The summed E-state index contributed by atoms with van der Waals surface area (Å²) < 4.78 is 6.25. The van der Waals surface area contributed by atoms with Crippen molar-refractivity contribution in [1.82, 2.24) is 9.78 Å². The molecule has 0 spiro atoms. The lowest BCUT2D eigenvalue weighted by Gasteiger charge is -2.06. The van der Waals surface area contributed by atoms with E-state index < -0.39 is 6.09 Å². The van der Waals surface area contributed by atoms with Crippen molar-refractivity contribution in [3.8, 4) is 0 Å². The average Bonchev–Trinajstić information content (AvgIpc) is 2.47. The van der Waals surface area contributed by atoms with Crippen molar-refractivity contribution in [3.05, 3.63) is 11.8 Å². The topological polar surface area (TPSA) is 76.4 Å². The third-order valence-corrected chi connectivity index (χ3v) is 1.72. The van der Waals surface area contributed by atoms with Gasteiger partial charge in [0.15, 0.2) is 0 Å². The summed E-state index contributed by atoms with van der Waals surface area (Å²) >= 11 is 0. The number of rotatable bonds is 4. The molecule has 2 N–H and O–H groups in total. The molecule has 6 nitrogen and oxygen atoms in total. The van der Waals surface area contributed by atoms with Crippen LogP contribution in [0.1, 0.15) is 12.6 Å². The lowest BCUT2D eigenvalue weighted by atomic mass is 10.5. The second-order valence-electron chi connectivity index (χ2n) is 2.96. The van der Waals surface area contributed by atoms with Crippen LogP contribution in [-0.4, -0.2) is 34.2 Å². The smallest absolute Gasteiger partial charge is 0.412 e. The van der Waals surface area contributed by atoms with Gasteiger partial charge in [0.1, 0.15) is 5.82 Å². The molecule has 0 aliphatic rings. The number of hydrogen-bond donors (Lipinski definition) is 2. The van der Waals surface area contributed by atoms with Gasteiger partial charge in [-0.1, -0.05) is 0 Å². The summed E-state index contributed by atoms with van der Waals surface area (Å²) in [6.07, 6.45) is -0.517. The van der Waals surface area contributed by atoms with Gasteiger partial charge in [0.2, 0.25) is 0 Å². The van der Waals surface area contributed by atoms with E-state index in [1.807, 2.05) is 6.92 Å². The molecule has 0 aliphatic heterocycles. The zero-order chi connectivity index (χ0) is 11.3. The van der Waals surface area contributed by atoms with Gasteiger partial charge in [-0.2, -0.15) is 5.10 Å². The maximum absolute atomic E-state index is 11.1. The minimum atomic E-state index is -0.517. The normalized spacial score (nSPS) is 10.1. The molecule has 1 aromatic rings. The number of aliphatic hydroxyl groups is 1. The molecule has 0 atom stereocenters. The molecule has 0 aromatic carbocycles. The maximum Gasteiger partial charge on any atom is 0.412 e. The number of aryl methyl sites for hydroxylation is 1. The highest BCUT2D eigenvalue weighted by Gasteiger charge is 2.08. The summed E-state index contributed by atoms with van der Waals surface area (Å²) in [6.45, 7) is 4.17. The Kier molecular flexibility index (Phi) is 4.11. The van der Waals surface area contributed by atoms with Crippen molar-refractivity contribution in [2.75, 3.05) is 18.5 Å². The van der Waals surface area contributed by atoms with E-state index in [4.69, 9.17) is 9.84 Å². The number of aliphatic hydroxyl groups excluding tert-OH is 1. The summed E-state index contributed by atoms with van der Waals surface area (Å²) in [6, 6.07) is 1.71. The van der Waals surface area contributed by atoms with Gasteiger partial charge in [-0.05, 0) is 13.8 Å². The number of anilines is 1. The average molecular weight is 213 g/mol. The van der Waals surface area contributed by atoms with Crippen LogP contribution in [0.3, 0.4) is 0 Å². The molecule has 0 saturated heterocycles. The van der Waals surface area contributed by atoms with Gasteiger partial charge in [-0.25, -0.2) is 9.48 Å². The molecular weight excluding hydrogens is 198 g/mol. The molecule has 0 aliphatic carbocycles. The summed E-state index contributed by atoms with van der Waals surface area (Å²) in [5.74, 6) is 0.528. The van der Waals surface area contributed by atoms with E-state index in [-0.39, 0.29) is 6.61 Å². The van der Waals surface area contributed by atoms with Gasteiger partial charge in [0.25, 0.3) is 0 Å². The Labute approximate surface area is 87.8 Å². The fourth-order valence-electron chi connectivity index (χ4n) is 1.18. The fourth-order valence-corrected chi connectivity index (χ4v) is 1.18. The molecule has 6 heteroatoms. The second kappa shape index (κ2) is 5.35. The SMILES string of the molecule is CCOC(=O)Nc1cc(C)nn1CCO. The number of ether oxygens (including phenoxy) is 1. The first-order valence-corrected chi connectivity index (χ1v) is 4.76. The Bertz CT molecular complexity index is 335. The van der Waals surface area contributed by atoms with Gasteiger partial charge in [0, 0.05) is 6.07 Å². The maximum atomic E-state index is 11.1. The molecule has 1 aromatic heterocycles. The molecule has 0 bridgehead atoms. The third kappa shape index (κ3) is 3.25. The largest absolute Gasteiger partial charge is 0.450 e. The molecule has 1 heterocycles. The van der Waals surface area contributed by atoms with Crippen molar-refractivity contribution >= 4 is 11.9 Å². The Hall–Kier alpha value is -1.56. The fraction of sp³-hybridized carbons (Fsp3) is 0.556. The van der Waals surface area contributed by atoms with Gasteiger partial charge in [-0.15, -0.1) is 0 Å². The van der Waals surface area contributed by atoms with Crippen LogP contribution >= 0.6 is 0 Å². The number of aromatic nitrogens is 2. The van der Waals surface area contributed by atoms with E-state index in [1.54, 1.807) is 13.0 Å². The number of amides is 1. The Morgan fingerprint density at radius 2 is 2.47 bits per heavy atom. The molecule has 1 rings (SSSR count). The quantitative estimate of drug-likeness (QED) is 0.773. The van der Waals surface area contributed by atoms with Crippen LogP contribution in [-0.2, 0) is 11.3 Å². The monoisotopic (exact) mass is 213 g/mol. The molecule has 15 heavy (non-hydrogen) atoms. The van der Waals surface area contributed by atoms with Crippen molar-refractivity contribution in [2.45, 2.75) is 20.4 Å². The standard InChI is InChI=1S/C9H15N3O3/c1-3-15-9(14)10-8-6-7(2)11-12(8)4-5-13/h6,13H,3-5H2,1-2H3,(H,10,14). The minimum Gasteiger partial charge on any atom is -0.450 e. The number of carbonyl (C=O) groups is 1. The van der Waals surface area contributed by atoms with Gasteiger partial charge in [0.05, 0.1) is 25.5 Å². The Morgan fingerprint density at radius 3 is 3.07 bits per heavy atom. The second-order valence-corrected chi connectivity index (χ2v) is 2.96. The van der Waals surface area contributed by atoms with Gasteiger partial charge >= 0.3 is 6.09 Å². The van der Waals surface area contributed by atoms with Crippen LogP contribution in [0, 0.1) is 6.92 Å². The summed E-state index contributed by atoms with van der Waals surface area (Å²) in [7, 11) is 0. The van der Waals surface area contributed by atoms with Gasteiger partial charge < -0.3 is 9.84 Å². The predicted octanol–water partition coefficient (Wildman–Crippen LogP) is 0.752. The molecule has 1 amide bonds. The van der Waals surface area contributed by atoms with E-state index in [9.17, 15) is 4.79 Å². The van der Waals surface area contributed by atoms with Crippen LogP contribution in [0.2, 0.25) is 0 Å². The highest BCUT2D eigenvalue weighted by molar-refractivity contribution is 5.83. The van der Waals surface area contributed by atoms with Crippen LogP contribution in [0.25, 0.3) is 0 Å². The molecule has 0 fully saturated rings. The highest BCUT2D eigenvalue weighted by Crippen LogP contribution is 2.09. The molecule has 0 radical (unpaired) electrons. The molecular formula is C9H15N3O3. The van der Waals surface area contributed by atoms with Crippen LogP contribution in [0.15, 0.2) is 6.07 Å². The Balaban J connectivity index is 2.70. The van der Waals surface area contributed by atoms with Crippen LogP contribution in [0.4, 0.5) is 10.6 Å². The number of hydrogen-bond acceptors (Lipinski definition) is 4. The van der Waals surface area contributed by atoms with Crippen LogP contribution in [0.5, 0.6) is 0 Å². The number of nitrogens with one attached hydrogen (secondary N) is 1. The molecule has 0 unspecified atom stereocenters. The predicted molar refractivity (Wildman–Crippen MR) is 54.7 cm³/mol. The van der Waals surface area contributed by atoms with Gasteiger partial charge in [-0.3, -0.25) is 5.32 Å². The lowest BCUT2D eigenvalue weighted by Crippen LogP contribution is -2.17. The molecule has 84 valence electrons. The first kappa shape index (κ1) is 11.5. The first-order valence-electron chi connectivity index (χ1n) is 4.76. The molecule has 0 saturated carbocycles. The summed E-state index contributed by atoms with van der Waals surface area (Å²) in [5, 5.41) is 15.4. The first-order chi connectivity index (χ1) is 7.17. The Morgan fingerprint density at radius 1 is 1.73 bits per heavy atom. The number of nitrogens with zero attached hydrogens (tertiary/aromatic N) is 2. The van der Waals surface area contributed by atoms with E-state index >= 15 is 0 Å². The van der Waals surface area contributed by atoms with Crippen molar-refractivity contribution in [3.63, 3.8) is 0 Å². The minimum absolute atomic E-state index is 0.0291. The van der Waals surface area contributed by atoms with Crippen molar-refractivity contribution in [2.24, 2.45) is 0 Å². The zero-order valence-corrected chi connectivity index (χ0v) is 8.86. The number of carbonyl (C=O) groups excluding carboxylic acids is 1. The van der Waals surface area contributed by atoms with E-state index in [1.165, 1.54) is 4.68 Å². The van der Waals surface area contributed by atoms with E-state index in [0.29, 0.717) is 19.0 Å². The summed E-state index contributed by atoms with van der Waals surface area (Å²) in [5.41, 5.74) is 0.773. The van der Waals surface area contributed by atoms with Crippen molar-refractivity contribution in [1.29, 1.82) is 0 Å². The third-order valence-electron chi connectivity index (χ3n) is 1.72. The van der Waals surface area contributed by atoms with Crippen molar-refractivity contribution < 1.29 is 14.6 Å².